The predicted octanol–water partition coefficient (Wildman–Crippen LogP) is 5.82. The van der Waals surface area contributed by atoms with Crippen molar-refractivity contribution in [1.29, 1.82) is 0 Å². The van der Waals surface area contributed by atoms with Crippen molar-refractivity contribution in [3.8, 4) is 21.9 Å². The van der Waals surface area contributed by atoms with Crippen LogP contribution in [0.1, 0.15) is 37.3 Å². The molecule has 55 heavy (non-hydrogen) atoms. The number of halogens is 2. The minimum absolute atomic E-state index is 0.116. The van der Waals surface area contributed by atoms with Gasteiger partial charge in [0.05, 0.1) is 24.2 Å². The SMILES string of the molecule is CCNC(=O)Nc1ccc(-c2sc3c(c2CN(C)CCN2CCCCC2=O)c(=O)n(-c2ccc(OCCOC)cc2)c(=O)n3Cc2c(F)cccc2F)cc1. The number of methoxy groups -OCH3 is 1. The highest BCUT2D eigenvalue weighted by atomic mass is 32.1. The Kier molecular flexibility index (Phi) is 12.8. The summed E-state index contributed by atoms with van der Waals surface area (Å²) in [6.07, 6.45) is 2.34. The Balaban J connectivity index is 1.52. The predicted molar refractivity (Wildman–Crippen MR) is 209 cm³/mol. The van der Waals surface area contributed by atoms with Crippen LogP contribution in [0.15, 0.2) is 76.3 Å². The number of nitrogens with one attached hydrogen (secondary N) is 2. The average Bonchev–Trinajstić information content (AvgIpc) is 3.54. The van der Waals surface area contributed by atoms with E-state index < -0.39 is 29.4 Å². The molecule has 1 fully saturated rings. The van der Waals surface area contributed by atoms with Gasteiger partial charge in [0.15, 0.2) is 0 Å². The molecule has 12 nitrogen and oxygen atoms in total. The lowest BCUT2D eigenvalue weighted by molar-refractivity contribution is -0.133. The molecule has 2 aromatic heterocycles. The monoisotopic (exact) mass is 774 g/mol. The zero-order chi connectivity index (χ0) is 39.1. The van der Waals surface area contributed by atoms with Gasteiger partial charge >= 0.3 is 11.7 Å². The highest BCUT2D eigenvalue weighted by Gasteiger charge is 2.26. The van der Waals surface area contributed by atoms with Gasteiger partial charge in [-0.2, -0.15) is 0 Å². The van der Waals surface area contributed by atoms with E-state index in [1.54, 1.807) is 43.5 Å². The summed E-state index contributed by atoms with van der Waals surface area (Å²) in [4.78, 5) is 58.8. The largest absolute Gasteiger partial charge is 0.491 e. The van der Waals surface area contributed by atoms with E-state index in [2.05, 4.69) is 10.6 Å². The molecule has 3 heterocycles. The number of hydrogen-bond acceptors (Lipinski definition) is 8. The van der Waals surface area contributed by atoms with Crippen LogP contribution < -0.4 is 26.6 Å². The number of carbonyl (C=O) groups excluding carboxylic acids is 2. The molecule has 0 radical (unpaired) electrons. The molecule has 1 aliphatic heterocycles. The summed E-state index contributed by atoms with van der Waals surface area (Å²) in [5.74, 6) is -1.03. The standard InChI is InChI=1S/C40H44F2N6O6S/c1-4-43-39(51)44-27-13-11-26(12-14-27)36-31(24-45(2)20-21-46-19-6-5-10-34(46)49)35-37(50)48(28-15-17-29(18-16-28)54-23-22-53-3)40(52)47(38(35)55-36)25-30-32(41)8-7-9-33(30)42/h7-9,11-18H,4-6,10,19-25H2,1-3H3,(H2,43,44,51). The summed E-state index contributed by atoms with van der Waals surface area (Å²) in [6.45, 7) is 4.42. The zero-order valence-corrected chi connectivity index (χ0v) is 31.8. The van der Waals surface area contributed by atoms with Crippen LogP contribution in [-0.4, -0.2) is 84.4 Å². The van der Waals surface area contributed by atoms with Gasteiger partial charge < -0.3 is 29.9 Å². The molecule has 1 saturated heterocycles. The number of nitrogens with zero attached hydrogens (tertiary/aromatic N) is 4. The van der Waals surface area contributed by atoms with Gasteiger partial charge in [0.1, 0.15) is 28.8 Å². The molecule has 15 heteroatoms. The van der Waals surface area contributed by atoms with Gasteiger partial charge in [-0.05, 0) is 86.5 Å². The first-order valence-electron chi connectivity index (χ1n) is 18.2. The number of urea groups is 1. The molecule has 0 unspecified atom stereocenters. The van der Waals surface area contributed by atoms with Crippen LogP contribution in [0.4, 0.5) is 19.3 Å². The second-order valence-corrected chi connectivity index (χ2v) is 14.3. The quantitative estimate of drug-likeness (QED) is 0.129. The minimum Gasteiger partial charge on any atom is -0.491 e. The molecular weight excluding hydrogens is 731 g/mol. The number of ether oxygens (including phenoxy) is 2. The van der Waals surface area contributed by atoms with Gasteiger partial charge in [0, 0.05) is 62.4 Å². The van der Waals surface area contributed by atoms with E-state index >= 15 is 8.78 Å². The second kappa shape index (κ2) is 17.8. The number of fused-ring (bicyclic) bond motifs is 1. The Morgan fingerprint density at radius 1 is 0.945 bits per heavy atom. The Bertz CT molecular complexity index is 2250. The molecule has 6 rings (SSSR count). The number of likely N-dealkylation sites (N-methyl/N-ethyl adjacent to an activating group) is 1. The van der Waals surface area contributed by atoms with Crippen molar-refractivity contribution >= 4 is 39.2 Å². The fourth-order valence-electron chi connectivity index (χ4n) is 6.58. The normalized spacial score (nSPS) is 13.1. The fraction of sp³-hybridized carbons (Fsp3) is 0.350. The van der Waals surface area contributed by atoms with Crippen LogP contribution in [0.3, 0.4) is 0 Å². The third-order valence-corrected chi connectivity index (χ3v) is 10.7. The lowest BCUT2D eigenvalue weighted by Gasteiger charge is -2.29. The number of hydrogen-bond donors (Lipinski definition) is 2. The molecule has 0 atom stereocenters. The number of benzene rings is 3. The molecule has 5 aromatic rings. The van der Waals surface area contributed by atoms with E-state index in [-0.39, 0.29) is 40.0 Å². The van der Waals surface area contributed by atoms with E-state index in [0.717, 1.165) is 29.5 Å². The van der Waals surface area contributed by atoms with Crippen molar-refractivity contribution in [2.75, 3.05) is 58.9 Å². The van der Waals surface area contributed by atoms with Gasteiger partial charge in [-0.3, -0.25) is 14.2 Å². The number of rotatable bonds is 15. The third-order valence-electron chi connectivity index (χ3n) is 9.45. The molecule has 3 aromatic carbocycles. The Morgan fingerprint density at radius 3 is 2.35 bits per heavy atom. The van der Waals surface area contributed by atoms with Gasteiger partial charge in [-0.1, -0.05) is 18.2 Å². The van der Waals surface area contributed by atoms with Gasteiger partial charge in [0.25, 0.3) is 5.56 Å². The summed E-state index contributed by atoms with van der Waals surface area (Å²) in [6, 6.07) is 16.7. The average molecular weight is 775 g/mol. The van der Waals surface area contributed by atoms with Gasteiger partial charge in [-0.25, -0.2) is 22.9 Å². The van der Waals surface area contributed by atoms with Crippen LogP contribution in [-0.2, 0) is 22.6 Å². The van der Waals surface area contributed by atoms with E-state index in [1.165, 1.54) is 22.0 Å². The number of aromatic nitrogens is 2. The maximum absolute atomic E-state index is 15.2. The third kappa shape index (κ3) is 8.96. The number of amides is 3. The molecule has 2 N–H and O–H groups in total. The molecule has 3 amide bonds. The van der Waals surface area contributed by atoms with Gasteiger partial charge in [-0.15, -0.1) is 11.3 Å². The summed E-state index contributed by atoms with van der Waals surface area (Å²) in [5, 5.41) is 5.70. The number of likely N-dealkylation sites (tertiary alicyclic amines) is 1. The smallest absolute Gasteiger partial charge is 0.337 e. The van der Waals surface area contributed by atoms with E-state index in [1.807, 2.05) is 35.9 Å². The molecule has 0 saturated carbocycles. The number of anilines is 1. The van der Waals surface area contributed by atoms with E-state index in [9.17, 15) is 19.2 Å². The number of thiophene rings is 1. The highest BCUT2D eigenvalue weighted by Crippen LogP contribution is 2.38. The van der Waals surface area contributed by atoms with Gasteiger partial charge in [0.2, 0.25) is 5.91 Å². The van der Waals surface area contributed by atoms with E-state index in [0.29, 0.717) is 73.3 Å². The minimum atomic E-state index is -0.824. The zero-order valence-electron chi connectivity index (χ0n) is 31.0. The molecule has 290 valence electrons. The van der Waals surface area contributed by atoms with E-state index in [4.69, 9.17) is 9.47 Å². The lowest BCUT2D eigenvalue weighted by Crippen LogP contribution is -2.40. The Hall–Kier alpha value is -5.38. The maximum atomic E-state index is 15.2. The number of carbonyl (C=O) groups is 2. The van der Waals surface area contributed by atoms with Crippen molar-refractivity contribution < 1.29 is 27.8 Å². The first-order chi connectivity index (χ1) is 26.6. The van der Waals surface area contributed by atoms with Crippen LogP contribution in [0.5, 0.6) is 5.75 Å². The summed E-state index contributed by atoms with van der Waals surface area (Å²) in [7, 11) is 3.46. The topological polar surface area (TPSA) is 127 Å². The van der Waals surface area contributed by atoms with Crippen LogP contribution in [0.25, 0.3) is 26.3 Å². The molecule has 0 bridgehead atoms. The molecule has 0 spiro atoms. The Morgan fingerprint density at radius 2 is 1.67 bits per heavy atom. The molecule has 1 aliphatic rings. The maximum Gasteiger partial charge on any atom is 0.337 e. The van der Waals surface area contributed by atoms with Crippen molar-refractivity contribution in [1.82, 2.24) is 24.3 Å². The number of piperidine rings is 1. The highest BCUT2D eigenvalue weighted by molar-refractivity contribution is 7.22. The summed E-state index contributed by atoms with van der Waals surface area (Å²) >= 11 is 1.18. The molecule has 0 aliphatic carbocycles. The van der Waals surface area contributed by atoms with Crippen LogP contribution in [0.2, 0.25) is 0 Å². The van der Waals surface area contributed by atoms with Crippen LogP contribution >= 0.6 is 11.3 Å². The fourth-order valence-corrected chi connectivity index (χ4v) is 7.88. The lowest BCUT2D eigenvalue weighted by atomic mass is 10.1. The van der Waals surface area contributed by atoms with Crippen molar-refractivity contribution in [3.63, 3.8) is 0 Å². The summed E-state index contributed by atoms with van der Waals surface area (Å²) < 4.78 is 43.4. The van der Waals surface area contributed by atoms with Crippen molar-refractivity contribution in [3.05, 3.63) is 110 Å². The first kappa shape index (κ1) is 39.3. The molecular formula is C40H44F2N6O6S. The van der Waals surface area contributed by atoms with Crippen molar-refractivity contribution in [2.24, 2.45) is 0 Å². The van der Waals surface area contributed by atoms with Crippen molar-refractivity contribution in [2.45, 2.75) is 39.3 Å². The first-order valence-corrected chi connectivity index (χ1v) is 19.0. The summed E-state index contributed by atoms with van der Waals surface area (Å²) in [5.41, 5.74) is 0.420. The van der Waals surface area contributed by atoms with Crippen LogP contribution in [0, 0.1) is 11.6 Å². The Labute approximate surface area is 320 Å². The second-order valence-electron chi connectivity index (χ2n) is 13.3.